The third-order valence-electron chi connectivity index (χ3n) is 3.49. The second-order valence-electron chi connectivity index (χ2n) is 4.06. The Kier molecular flexibility index (Phi) is 1.62. The summed E-state index contributed by atoms with van der Waals surface area (Å²) >= 11 is 0. The largest absolute Gasteiger partial charge is 0.395 e. The van der Waals surface area contributed by atoms with Gasteiger partial charge in [0.2, 0.25) is 0 Å². The Bertz CT molecular complexity index is 244. The number of Topliss-reactive ketones (excluding diaryl/α,β-unsaturated/α-hetero) is 1. The molecule has 2 nitrogen and oxygen atoms in total. The maximum atomic E-state index is 11.4. The van der Waals surface area contributed by atoms with Crippen LogP contribution in [0.5, 0.6) is 0 Å². The zero-order chi connectivity index (χ0) is 8.77. The van der Waals surface area contributed by atoms with E-state index in [0.29, 0.717) is 11.8 Å². The van der Waals surface area contributed by atoms with Gasteiger partial charge in [-0.25, -0.2) is 0 Å². The molecule has 0 aromatic rings. The average Bonchev–Trinajstić information content (AvgIpc) is 2.62. The third-order valence-corrected chi connectivity index (χ3v) is 3.49. The molecule has 0 unspecified atom stereocenters. The standard InChI is InChI=1S/C10H14O2/c1-7(12)10(6-11)5-8-2-3-9(10)4-8/h2-3,8-9,11H,4-6H2,1H3/t8-,9+,10-/m1/s1. The van der Waals surface area contributed by atoms with E-state index in [1.54, 1.807) is 6.92 Å². The van der Waals surface area contributed by atoms with E-state index in [4.69, 9.17) is 0 Å². The lowest BCUT2D eigenvalue weighted by molar-refractivity contribution is -0.130. The van der Waals surface area contributed by atoms with E-state index in [9.17, 15) is 9.90 Å². The van der Waals surface area contributed by atoms with Crippen molar-refractivity contribution in [3.63, 3.8) is 0 Å². The Morgan fingerprint density at radius 1 is 1.67 bits per heavy atom. The van der Waals surface area contributed by atoms with Gasteiger partial charge in [0.05, 0.1) is 12.0 Å². The number of allylic oxidation sites excluding steroid dienone is 2. The minimum atomic E-state index is -0.417. The van der Waals surface area contributed by atoms with Gasteiger partial charge in [0.15, 0.2) is 0 Å². The van der Waals surface area contributed by atoms with Gasteiger partial charge in [0.1, 0.15) is 5.78 Å². The summed E-state index contributed by atoms with van der Waals surface area (Å²) in [6.45, 7) is 1.62. The van der Waals surface area contributed by atoms with Crippen molar-refractivity contribution in [2.75, 3.05) is 6.61 Å². The molecule has 0 aliphatic heterocycles. The first kappa shape index (κ1) is 7.99. The van der Waals surface area contributed by atoms with E-state index in [1.807, 2.05) is 0 Å². The van der Waals surface area contributed by atoms with Gasteiger partial charge in [-0.2, -0.15) is 0 Å². The van der Waals surface area contributed by atoms with E-state index in [1.165, 1.54) is 0 Å². The van der Waals surface area contributed by atoms with Crippen molar-refractivity contribution >= 4 is 5.78 Å². The molecule has 2 heteroatoms. The molecule has 0 spiro atoms. The molecule has 1 fully saturated rings. The number of rotatable bonds is 2. The quantitative estimate of drug-likeness (QED) is 0.625. The monoisotopic (exact) mass is 166 g/mol. The molecule has 0 saturated heterocycles. The number of hydrogen-bond acceptors (Lipinski definition) is 2. The lowest BCUT2D eigenvalue weighted by Crippen LogP contribution is -2.37. The Morgan fingerprint density at radius 3 is 2.67 bits per heavy atom. The molecular weight excluding hydrogens is 152 g/mol. The highest BCUT2D eigenvalue weighted by atomic mass is 16.3. The number of fused-ring (bicyclic) bond motifs is 2. The summed E-state index contributed by atoms with van der Waals surface area (Å²) in [5, 5.41) is 9.25. The van der Waals surface area contributed by atoms with Crippen LogP contribution in [0, 0.1) is 17.3 Å². The lowest BCUT2D eigenvalue weighted by Gasteiger charge is -2.30. The van der Waals surface area contributed by atoms with Gasteiger partial charge in [-0.05, 0) is 31.6 Å². The number of carbonyl (C=O) groups is 1. The maximum absolute atomic E-state index is 11.4. The predicted molar refractivity (Wildman–Crippen MR) is 45.6 cm³/mol. The molecule has 0 radical (unpaired) electrons. The summed E-state index contributed by atoms with van der Waals surface area (Å²) < 4.78 is 0. The van der Waals surface area contributed by atoms with Crippen molar-refractivity contribution in [2.24, 2.45) is 17.3 Å². The second-order valence-corrected chi connectivity index (χ2v) is 4.06. The van der Waals surface area contributed by atoms with E-state index >= 15 is 0 Å². The van der Waals surface area contributed by atoms with Crippen LogP contribution in [0.2, 0.25) is 0 Å². The van der Waals surface area contributed by atoms with Gasteiger partial charge in [0.25, 0.3) is 0 Å². The zero-order valence-electron chi connectivity index (χ0n) is 7.29. The van der Waals surface area contributed by atoms with Gasteiger partial charge >= 0.3 is 0 Å². The van der Waals surface area contributed by atoms with Crippen molar-refractivity contribution in [1.29, 1.82) is 0 Å². The highest BCUT2D eigenvalue weighted by molar-refractivity contribution is 5.84. The fraction of sp³-hybridized carbons (Fsp3) is 0.700. The first-order valence-corrected chi connectivity index (χ1v) is 4.49. The van der Waals surface area contributed by atoms with Crippen LogP contribution >= 0.6 is 0 Å². The molecule has 2 aliphatic rings. The van der Waals surface area contributed by atoms with Gasteiger partial charge in [-0.15, -0.1) is 0 Å². The van der Waals surface area contributed by atoms with Crippen LogP contribution < -0.4 is 0 Å². The molecule has 66 valence electrons. The van der Waals surface area contributed by atoms with E-state index in [-0.39, 0.29) is 12.4 Å². The number of aliphatic hydroxyl groups excluding tert-OH is 1. The van der Waals surface area contributed by atoms with Gasteiger partial charge in [-0.1, -0.05) is 12.2 Å². The van der Waals surface area contributed by atoms with E-state index in [2.05, 4.69) is 12.2 Å². The van der Waals surface area contributed by atoms with Crippen molar-refractivity contribution in [3.8, 4) is 0 Å². The van der Waals surface area contributed by atoms with Gasteiger partial charge in [-0.3, -0.25) is 4.79 Å². The third kappa shape index (κ3) is 0.816. The first-order valence-electron chi connectivity index (χ1n) is 4.49. The van der Waals surface area contributed by atoms with Crippen molar-refractivity contribution < 1.29 is 9.90 Å². The van der Waals surface area contributed by atoms with Crippen LogP contribution in [0.25, 0.3) is 0 Å². The maximum Gasteiger partial charge on any atom is 0.138 e. The van der Waals surface area contributed by atoms with E-state index < -0.39 is 5.41 Å². The Morgan fingerprint density at radius 2 is 2.42 bits per heavy atom. The molecule has 12 heavy (non-hydrogen) atoms. The highest BCUT2D eigenvalue weighted by Gasteiger charge is 2.50. The minimum Gasteiger partial charge on any atom is -0.395 e. The zero-order valence-corrected chi connectivity index (χ0v) is 7.29. The molecule has 2 aliphatic carbocycles. The Hall–Kier alpha value is -0.630. The molecule has 2 bridgehead atoms. The lowest BCUT2D eigenvalue weighted by atomic mass is 9.73. The van der Waals surface area contributed by atoms with Gasteiger partial charge < -0.3 is 5.11 Å². The topological polar surface area (TPSA) is 37.3 Å². The van der Waals surface area contributed by atoms with Crippen LogP contribution in [-0.2, 0) is 4.79 Å². The van der Waals surface area contributed by atoms with Crippen LogP contribution in [0.15, 0.2) is 12.2 Å². The van der Waals surface area contributed by atoms with Crippen LogP contribution in [0.1, 0.15) is 19.8 Å². The molecule has 0 amide bonds. The molecule has 3 atom stereocenters. The second kappa shape index (κ2) is 2.43. The molecule has 0 aromatic carbocycles. The molecule has 0 aromatic heterocycles. The molecule has 2 rings (SSSR count). The fourth-order valence-electron chi connectivity index (χ4n) is 2.65. The SMILES string of the molecule is CC(=O)[C@]1(CO)C[C@@H]2C=C[C@H]1C2. The summed E-state index contributed by atoms with van der Waals surface area (Å²) in [7, 11) is 0. The normalized spacial score (nSPS) is 43.8. The summed E-state index contributed by atoms with van der Waals surface area (Å²) in [5.74, 6) is 1.01. The Labute approximate surface area is 72.3 Å². The van der Waals surface area contributed by atoms with Crippen LogP contribution in [0.4, 0.5) is 0 Å². The van der Waals surface area contributed by atoms with Crippen LogP contribution in [0.3, 0.4) is 0 Å². The molecule has 1 saturated carbocycles. The minimum absolute atomic E-state index is 0.0217. The van der Waals surface area contributed by atoms with Crippen molar-refractivity contribution in [1.82, 2.24) is 0 Å². The van der Waals surface area contributed by atoms with Crippen molar-refractivity contribution in [3.05, 3.63) is 12.2 Å². The van der Waals surface area contributed by atoms with Crippen molar-refractivity contribution in [2.45, 2.75) is 19.8 Å². The Balaban J connectivity index is 2.31. The summed E-state index contributed by atoms with van der Waals surface area (Å²) in [4.78, 5) is 11.4. The van der Waals surface area contributed by atoms with E-state index in [0.717, 1.165) is 12.8 Å². The number of carbonyl (C=O) groups excluding carboxylic acids is 1. The first-order chi connectivity index (χ1) is 5.69. The fourth-order valence-corrected chi connectivity index (χ4v) is 2.65. The van der Waals surface area contributed by atoms with Gasteiger partial charge in [0, 0.05) is 0 Å². The highest BCUT2D eigenvalue weighted by Crippen LogP contribution is 2.52. The average molecular weight is 166 g/mol. The number of hydrogen-bond donors (Lipinski definition) is 1. The smallest absolute Gasteiger partial charge is 0.138 e. The summed E-state index contributed by atoms with van der Waals surface area (Å²) in [6, 6.07) is 0. The number of ketones is 1. The molecule has 0 heterocycles. The number of aliphatic hydroxyl groups is 1. The van der Waals surface area contributed by atoms with Crippen LogP contribution in [-0.4, -0.2) is 17.5 Å². The predicted octanol–water partition coefficient (Wildman–Crippen LogP) is 1.15. The molecule has 1 N–H and O–H groups in total. The molecular formula is C10H14O2. The summed E-state index contributed by atoms with van der Waals surface area (Å²) in [5.41, 5.74) is -0.417. The summed E-state index contributed by atoms with van der Waals surface area (Å²) in [6.07, 6.45) is 6.22.